The van der Waals surface area contributed by atoms with Gasteiger partial charge in [-0.2, -0.15) is 0 Å². The van der Waals surface area contributed by atoms with Crippen molar-refractivity contribution in [3.63, 3.8) is 0 Å². The van der Waals surface area contributed by atoms with E-state index in [1.54, 1.807) is 11.1 Å². The van der Waals surface area contributed by atoms with Crippen molar-refractivity contribution < 1.29 is 9.59 Å². The second kappa shape index (κ2) is 11.9. The third-order valence-corrected chi connectivity index (χ3v) is 7.42. The largest absolute Gasteiger partial charge is 0.351 e. The number of imidazole rings is 1. The van der Waals surface area contributed by atoms with Gasteiger partial charge in [0.15, 0.2) is 0 Å². The maximum atomic E-state index is 12.8. The highest BCUT2D eigenvalue weighted by Gasteiger charge is 2.24. The Labute approximate surface area is 221 Å². The van der Waals surface area contributed by atoms with Crippen molar-refractivity contribution in [2.75, 3.05) is 38.1 Å². The van der Waals surface area contributed by atoms with E-state index in [1.165, 1.54) is 11.8 Å². The van der Waals surface area contributed by atoms with Gasteiger partial charge in [0.25, 0.3) is 5.91 Å². The molecule has 0 unspecified atom stereocenters. The Morgan fingerprint density at radius 1 is 1.09 bits per heavy atom. The Hall–Kier alpha value is -2.52. The van der Waals surface area contributed by atoms with Gasteiger partial charge in [-0.15, -0.1) is 24.8 Å². The van der Waals surface area contributed by atoms with Gasteiger partial charge in [-0.05, 0) is 62.2 Å². The first-order chi connectivity index (χ1) is 16.1. The van der Waals surface area contributed by atoms with Crippen molar-refractivity contribution in [3.8, 4) is 0 Å². The van der Waals surface area contributed by atoms with Crippen LogP contribution in [0, 0.1) is 5.92 Å². The van der Waals surface area contributed by atoms with Crippen LogP contribution < -0.4 is 10.2 Å². The fourth-order valence-corrected chi connectivity index (χ4v) is 5.37. The van der Waals surface area contributed by atoms with E-state index in [0.29, 0.717) is 23.9 Å². The third kappa shape index (κ3) is 6.01. The molecule has 186 valence electrons. The molecule has 1 fully saturated rings. The molecule has 2 aromatic heterocycles. The molecule has 2 aliphatic heterocycles. The summed E-state index contributed by atoms with van der Waals surface area (Å²) in [6.45, 7) is 2.82. The number of piperidine rings is 1. The lowest BCUT2D eigenvalue weighted by molar-refractivity contribution is -0.119. The number of hydrogen-bond donors (Lipinski definition) is 1. The molecule has 0 bridgehead atoms. The number of rotatable bonds is 6. The maximum Gasteiger partial charge on any atom is 0.258 e. The number of thioether (sulfide) groups is 1. The Bertz CT molecular complexity index is 1210. The first kappa shape index (κ1) is 27.1. The molecule has 0 saturated carbocycles. The average molecular weight is 535 g/mol. The predicted octanol–water partition coefficient (Wildman–Crippen LogP) is 4.12. The smallest absolute Gasteiger partial charge is 0.258 e. The Kier molecular flexibility index (Phi) is 9.24. The maximum absolute atomic E-state index is 12.8. The molecule has 0 aliphatic carbocycles. The Morgan fingerprint density at radius 2 is 1.83 bits per heavy atom. The van der Waals surface area contributed by atoms with E-state index in [-0.39, 0.29) is 36.6 Å². The number of nitrogens with one attached hydrogen (secondary N) is 1. The lowest BCUT2D eigenvalue weighted by Crippen LogP contribution is -2.44. The summed E-state index contributed by atoms with van der Waals surface area (Å²) in [5.41, 5.74) is 2.74. The van der Waals surface area contributed by atoms with Crippen molar-refractivity contribution in [3.05, 3.63) is 65.3 Å². The van der Waals surface area contributed by atoms with Gasteiger partial charge >= 0.3 is 0 Å². The first-order valence-corrected chi connectivity index (χ1v) is 12.1. The highest BCUT2D eigenvalue weighted by atomic mass is 35.5. The highest BCUT2D eigenvalue weighted by molar-refractivity contribution is 8.04. The van der Waals surface area contributed by atoms with Gasteiger partial charge in [0.1, 0.15) is 5.65 Å². The van der Waals surface area contributed by atoms with E-state index in [4.69, 9.17) is 0 Å². The van der Waals surface area contributed by atoms with Gasteiger partial charge in [0.05, 0.1) is 28.4 Å². The van der Waals surface area contributed by atoms with Crippen molar-refractivity contribution in [1.29, 1.82) is 0 Å². The number of amides is 2. The number of nitrogens with zero attached hydrogens (tertiary/aromatic N) is 4. The van der Waals surface area contributed by atoms with Gasteiger partial charge in [0, 0.05) is 19.3 Å². The van der Waals surface area contributed by atoms with Crippen molar-refractivity contribution >= 4 is 65.8 Å². The number of hydrogen-bond acceptors (Lipinski definition) is 5. The number of halogens is 2. The summed E-state index contributed by atoms with van der Waals surface area (Å²) in [5.74, 6) is 0.491. The van der Waals surface area contributed by atoms with Crippen molar-refractivity contribution in [2.24, 2.45) is 5.92 Å². The molecule has 5 rings (SSSR count). The standard InChI is InChI=1S/C25H27N5O2S.2ClH/c1-28(19-6-3-2-4-7-19)23(31)17-29-12-10-18(11-13-29)15-27-25(32)21-14-20-16-26-22-8-5-9-24(33-21)30(20)22;;/h2-9,14,16,18H,10-13,15,17H2,1H3,(H,27,32);2*1H. The zero-order valence-electron chi connectivity index (χ0n) is 19.4. The Morgan fingerprint density at radius 3 is 2.57 bits per heavy atom. The monoisotopic (exact) mass is 533 g/mol. The summed E-state index contributed by atoms with van der Waals surface area (Å²) in [7, 11) is 1.82. The minimum Gasteiger partial charge on any atom is -0.351 e. The number of aromatic nitrogens is 2. The second-order valence-corrected chi connectivity index (χ2v) is 9.63. The molecule has 3 aromatic rings. The van der Waals surface area contributed by atoms with Gasteiger partial charge in [-0.25, -0.2) is 4.98 Å². The molecule has 35 heavy (non-hydrogen) atoms. The molecule has 2 aliphatic rings. The molecule has 7 nitrogen and oxygen atoms in total. The van der Waals surface area contributed by atoms with Crippen LogP contribution in [0.15, 0.2) is 64.7 Å². The summed E-state index contributed by atoms with van der Waals surface area (Å²) in [6, 6.07) is 15.7. The summed E-state index contributed by atoms with van der Waals surface area (Å²) >= 11 is 1.48. The number of para-hydroxylation sites is 1. The summed E-state index contributed by atoms with van der Waals surface area (Å²) in [5, 5.41) is 4.13. The normalized spacial score (nSPS) is 15.5. The van der Waals surface area contributed by atoms with E-state index >= 15 is 0 Å². The van der Waals surface area contributed by atoms with Gasteiger partial charge in [0.2, 0.25) is 5.91 Å². The van der Waals surface area contributed by atoms with Crippen LogP contribution in [0.5, 0.6) is 0 Å². The highest BCUT2D eigenvalue weighted by Crippen LogP contribution is 2.34. The molecular weight excluding hydrogens is 505 g/mol. The molecule has 1 N–H and O–H groups in total. The van der Waals surface area contributed by atoms with Crippen LogP contribution in [0.25, 0.3) is 11.7 Å². The Balaban J connectivity index is 0.00000171. The molecule has 0 atom stereocenters. The number of anilines is 1. The van der Waals surface area contributed by atoms with Crippen molar-refractivity contribution in [2.45, 2.75) is 17.9 Å². The van der Waals surface area contributed by atoms with Crippen LogP contribution in [-0.2, 0) is 9.59 Å². The summed E-state index contributed by atoms with van der Waals surface area (Å²) < 4.78 is 2.06. The lowest BCUT2D eigenvalue weighted by atomic mass is 9.96. The number of pyridine rings is 1. The van der Waals surface area contributed by atoms with Gasteiger partial charge in [-0.1, -0.05) is 36.0 Å². The fraction of sp³-hybridized carbons (Fsp3) is 0.320. The molecule has 10 heteroatoms. The van der Waals surface area contributed by atoms with E-state index in [2.05, 4.69) is 19.6 Å². The molecule has 1 saturated heterocycles. The van der Waals surface area contributed by atoms with E-state index in [0.717, 1.165) is 48.0 Å². The minimum absolute atomic E-state index is 0. The topological polar surface area (TPSA) is 70.0 Å². The zero-order chi connectivity index (χ0) is 22.8. The van der Waals surface area contributed by atoms with E-state index < -0.39 is 0 Å². The summed E-state index contributed by atoms with van der Waals surface area (Å²) in [4.78, 5) is 34.5. The molecular formula is C25H29Cl2N5O2S. The van der Waals surface area contributed by atoms with Crippen LogP contribution in [0.2, 0.25) is 0 Å². The van der Waals surface area contributed by atoms with Crippen molar-refractivity contribution in [1.82, 2.24) is 19.6 Å². The predicted molar refractivity (Wildman–Crippen MR) is 146 cm³/mol. The number of carbonyl (C=O) groups is 2. The number of likely N-dealkylation sites (N-methyl/N-ethyl adjacent to an activating group) is 1. The minimum atomic E-state index is -0.0356. The van der Waals surface area contributed by atoms with Crippen LogP contribution in [0.4, 0.5) is 5.69 Å². The SMILES string of the molecule is CN(C(=O)CN1CCC(CNC(=O)C2=Cc3cnc4cccc(n34)S2)CC1)c1ccccc1.Cl.Cl. The van der Waals surface area contributed by atoms with Gasteiger partial charge < -0.3 is 10.2 Å². The average Bonchev–Trinajstić information content (AvgIpc) is 3.28. The molecule has 4 heterocycles. The first-order valence-electron chi connectivity index (χ1n) is 11.3. The molecule has 2 amide bonds. The van der Waals surface area contributed by atoms with Crippen LogP contribution in [0.3, 0.4) is 0 Å². The lowest BCUT2D eigenvalue weighted by Gasteiger charge is -2.32. The van der Waals surface area contributed by atoms with Gasteiger partial charge in [-0.3, -0.25) is 18.9 Å². The van der Waals surface area contributed by atoms with E-state index in [9.17, 15) is 9.59 Å². The van der Waals surface area contributed by atoms with Crippen LogP contribution in [-0.4, -0.2) is 59.3 Å². The molecule has 1 aromatic carbocycles. The summed E-state index contributed by atoms with van der Waals surface area (Å²) in [6.07, 6.45) is 5.66. The molecule has 0 spiro atoms. The number of benzene rings is 1. The van der Waals surface area contributed by atoms with Crippen LogP contribution in [0.1, 0.15) is 18.5 Å². The fourth-order valence-electron chi connectivity index (χ4n) is 4.36. The molecule has 0 radical (unpaired) electrons. The zero-order valence-corrected chi connectivity index (χ0v) is 21.9. The third-order valence-electron chi connectivity index (χ3n) is 6.37. The second-order valence-electron chi connectivity index (χ2n) is 8.57. The number of likely N-dealkylation sites (tertiary alicyclic amines) is 1. The van der Waals surface area contributed by atoms with E-state index in [1.807, 2.05) is 61.7 Å². The quantitative estimate of drug-likeness (QED) is 0.516. The number of carbonyl (C=O) groups excluding carboxylic acids is 2. The van der Waals surface area contributed by atoms with Crippen LogP contribution >= 0.6 is 36.6 Å².